The third-order valence-corrected chi connectivity index (χ3v) is 4.13. The first-order chi connectivity index (χ1) is 13.0. The van der Waals surface area contributed by atoms with Crippen LogP contribution in [0.1, 0.15) is 31.1 Å². The van der Waals surface area contributed by atoms with Gasteiger partial charge in [-0.3, -0.25) is 14.4 Å². The van der Waals surface area contributed by atoms with Crippen LogP contribution >= 0.6 is 0 Å². The molecule has 2 aromatic rings. The molecule has 1 atom stereocenters. The summed E-state index contributed by atoms with van der Waals surface area (Å²) < 4.78 is 5.13. The number of nitrogens with zero attached hydrogens (tertiary/aromatic N) is 4. The summed E-state index contributed by atoms with van der Waals surface area (Å²) in [5.74, 6) is 0.762. The summed E-state index contributed by atoms with van der Waals surface area (Å²) in [7, 11) is 0. The minimum absolute atomic E-state index is 0.0623. The van der Waals surface area contributed by atoms with Gasteiger partial charge in [-0.15, -0.1) is 0 Å². The van der Waals surface area contributed by atoms with Crippen molar-refractivity contribution in [3.63, 3.8) is 0 Å². The van der Waals surface area contributed by atoms with Crippen molar-refractivity contribution in [2.24, 2.45) is 0 Å². The maximum atomic E-state index is 12.6. The van der Waals surface area contributed by atoms with Crippen molar-refractivity contribution in [2.75, 3.05) is 6.54 Å². The third kappa shape index (κ3) is 5.13. The molecule has 1 aliphatic rings. The van der Waals surface area contributed by atoms with Gasteiger partial charge in [0.05, 0.1) is 0 Å². The van der Waals surface area contributed by atoms with Gasteiger partial charge in [-0.1, -0.05) is 42.4 Å². The molecule has 0 unspecified atom stereocenters. The van der Waals surface area contributed by atoms with Gasteiger partial charge in [-0.05, 0) is 12.5 Å². The molecular weight excluding hydrogens is 352 g/mol. The van der Waals surface area contributed by atoms with Crippen LogP contribution in [0.2, 0.25) is 0 Å². The summed E-state index contributed by atoms with van der Waals surface area (Å²) in [6.45, 7) is 4.07. The number of carbonyl (C=O) groups excluding carboxylic acids is 2. The van der Waals surface area contributed by atoms with Crippen molar-refractivity contribution in [3.8, 4) is 0 Å². The molecule has 2 heterocycles. The number of amides is 2. The van der Waals surface area contributed by atoms with Crippen LogP contribution in [0.15, 0.2) is 34.9 Å². The maximum Gasteiger partial charge on any atom is 0.290 e. The standard InChI is InChI=1S/C17H20N4O3.CH2O2/c1-3-14-18-15(24-19-14)10-21-12(2)17(23)20(11-16(21)22)9-13-7-5-4-6-8-13;2-1-3/h4-8,12H,3,9-11H2,1-2H3;1H,(H,2,3)/t12-;/m1./s1. The average molecular weight is 374 g/mol. The Morgan fingerprint density at radius 2 is 1.93 bits per heavy atom. The van der Waals surface area contributed by atoms with E-state index in [-0.39, 0.29) is 31.4 Å². The van der Waals surface area contributed by atoms with Crippen molar-refractivity contribution < 1.29 is 24.0 Å². The number of rotatable bonds is 5. The first kappa shape index (κ1) is 20.1. The quantitative estimate of drug-likeness (QED) is 0.779. The van der Waals surface area contributed by atoms with E-state index >= 15 is 0 Å². The molecule has 2 amide bonds. The highest BCUT2D eigenvalue weighted by molar-refractivity contribution is 5.94. The van der Waals surface area contributed by atoms with Gasteiger partial charge in [0.2, 0.25) is 17.7 Å². The molecule has 1 saturated heterocycles. The number of piperazine rings is 1. The Kier molecular flexibility index (Phi) is 7.04. The highest BCUT2D eigenvalue weighted by Gasteiger charge is 2.37. The fourth-order valence-corrected chi connectivity index (χ4v) is 2.75. The minimum atomic E-state index is -0.549. The predicted octanol–water partition coefficient (Wildman–Crippen LogP) is 1.09. The monoisotopic (exact) mass is 374 g/mol. The first-order valence-corrected chi connectivity index (χ1v) is 8.51. The summed E-state index contributed by atoms with van der Waals surface area (Å²) in [5.41, 5.74) is 1.00. The number of hydrogen-bond donors (Lipinski definition) is 1. The van der Waals surface area contributed by atoms with Gasteiger partial charge >= 0.3 is 0 Å². The number of hydrogen-bond acceptors (Lipinski definition) is 6. The van der Waals surface area contributed by atoms with Crippen molar-refractivity contribution in [3.05, 3.63) is 47.6 Å². The van der Waals surface area contributed by atoms with Gasteiger partial charge < -0.3 is 19.4 Å². The molecule has 1 aliphatic heterocycles. The Labute approximate surface area is 156 Å². The number of aryl methyl sites for hydroxylation is 1. The van der Waals surface area contributed by atoms with Gasteiger partial charge in [0, 0.05) is 13.0 Å². The topological polar surface area (TPSA) is 117 Å². The second-order valence-electron chi connectivity index (χ2n) is 5.94. The highest BCUT2D eigenvalue weighted by Crippen LogP contribution is 2.18. The normalized spacial score (nSPS) is 16.7. The zero-order chi connectivity index (χ0) is 19.8. The van der Waals surface area contributed by atoms with Crippen LogP contribution in [0.5, 0.6) is 0 Å². The molecule has 1 N–H and O–H groups in total. The number of aromatic nitrogens is 2. The van der Waals surface area contributed by atoms with E-state index in [0.29, 0.717) is 24.7 Å². The zero-order valence-electron chi connectivity index (χ0n) is 15.2. The highest BCUT2D eigenvalue weighted by atomic mass is 16.5. The molecule has 1 aromatic carbocycles. The fourth-order valence-electron chi connectivity index (χ4n) is 2.75. The van der Waals surface area contributed by atoms with Crippen LogP contribution < -0.4 is 0 Å². The van der Waals surface area contributed by atoms with Crippen molar-refractivity contribution >= 4 is 18.3 Å². The van der Waals surface area contributed by atoms with Crippen molar-refractivity contribution in [1.29, 1.82) is 0 Å². The van der Waals surface area contributed by atoms with Gasteiger partial charge in [0.15, 0.2) is 5.82 Å². The summed E-state index contributed by atoms with van der Waals surface area (Å²) >= 11 is 0. The van der Waals surface area contributed by atoms with Gasteiger partial charge in [0.25, 0.3) is 6.47 Å². The molecule has 0 radical (unpaired) electrons. The molecule has 1 fully saturated rings. The van der Waals surface area contributed by atoms with Gasteiger partial charge in [-0.25, -0.2) is 0 Å². The second-order valence-corrected chi connectivity index (χ2v) is 5.94. The largest absolute Gasteiger partial charge is 0.483 e. The van der Waals surface area contributed by atoms with E-state index < -0.39 is 6.04 Å². The summed E-state index contributed by atoms with van der Waals surface area (Å²) in [6.07, 6.45) is 0.663. The number of carbonyl (C=O) groups is 3. The molecule has 144 valence electrons. The fraction of sp³-hybridized carbons (Fsp3) is 0.389. The molecule has 3 rings (SSSR count). The Morgan fingerprint density at radius 3 is 2.52 bits per heavy atom. The van der Waals surface area contributed by atoms with E-state index in [1.807, 2.05) is 37.3 Å². The lowest BCUT2D eigenvalue weighted by molar-refractivity contribution is -0.156. The molecule has 0 bridgehead atoms. The lowest BCUT2D eigenvalue weighted by Gasteiger charge is -2.38. The predicted molar refractivity (Wildman–Crippen MR) is 94.2 cm³/mol. The van der Waals surface area contributed by atoms with E-state index in [9.17, 15) is 9.59 Å². The van der Waals surface area contributed by atoms with E-state index in [4.69, 9.17) is 14.4 Å². The maximum absolute atomic E-state index is 12.6. The second kappa shape index (κ2) is 9.46. The molecule has 0 aliphatic carbocycles. The van der Waals surface area contributed by atoms with Crippen LogP contribution in [-0.4, -0.2) is 55.9 Å². The molecule has 27 heavy (non-hydrogen) atoms. The number of benzene rings is 1. The minimum Gasteiger partial charge on any atom is -0.483 e. The molecule has 9 nitrogen and oxygen atoms in total. The van der Waals surface area contributed by atoms with E-state index in [2.05, 4.69) is 10.1 Å². The van der Waals surface area contributed by atoms with Crippen LogP contribution in [0, 0.1) is 0 Å². The van der Waals surface area contributed by atoms with Crippen LogP contribution in [0.25, 0.3) is 0 Å². The summed E-state index contributed by atoms with van der Waals surface area (Å²) in [5, 5.41) is 10.7. The molecule has 0 spiro atoms. The van der Waals surface area contributed by atoms with Crippen molar-refractivity contribution in [2.45, 2.75) is 39.4 Å². The average Bonchev–Trinajstić information content (AvgIpc) is 3.12. The van der Waals surface area contributed by atoms with Crippen LogP contribution in [-0.2, 0) is 33.9 Å². The summed E-state index contributed by atoms with van der Waals surface area (Å²) in [6, 6.07) is 9.10. The van der Waals surface area contributed by atoms with Gasteiger partial charge in [0.1, 0.15) is 19.1 Å². The Bertz CT molecular complexity index is 777. The molecular formula is C18H22N4O5. The Morgan fingerprint density at radius 1 is 1.26 bits per heavy atom. The smallest absolute Gasteiger partial charge is 0.290 e. The Balaban J connectivity index is 0.000000817. The van der Waals surface area contributed by atoms with Crippen LogP contribution in [0.3, 0.4) is 0 Å². The molecule has 9 heteroatoms. The Hall–Kier alpha value is -3.23. The van der Waals surface area contributed by atoms with Gasteiger partial charge in [-0.2, -0.15) is 4.98 Å². The third-order valence-electron chi connectivity index (χ3n) is 4.13. The molecule has 1 aromatic heterocycles. The van der Waals surface area contributed by atoms with E-state index in [0.717, 1.165) is 5.56 Å². The lowest BCUT2D eigenvalue weighted by Crippen LogP contribution is -2.58. The summed E-state index contributed by atoms with van der Waals surface area (Å²) in [4.78, 5) is 40.7. The molecule has 0 saturated carbocycles. The lowest BCUT2D eigenvalue weighted by atomic mass is 10.1. The van der Waals surface area contributed by atoms with Crippen LogP contribution in [0.4, 0.5) is 0 Å². The van der Waals surface area contributed by atoms with E-state index in [1.165, 1.54) is 4.90 Å². The van der Waals surface area contributed by atoms with E-state index in [1.54, 1.807) is 11.8 Å². The SMILES string of the molecule is CCc1noc(CN2C(=O)CN(Cc3ccccc3)C(=O)[C@H]2C)n1.O=CO. The van der Waals surface area contributed by atoms with Crippen molar-refractivity contribution in [1.82, 2.24) is 19.9 Å². The first-order valence-electron chi connectivity index (χ1n) is 8.51. The zero-order valence-corrected chi connectivity index (χ0v) is 15.2. The number of carboxylic acid groups (broad SMARTS) is 1.